The number of unbranched alkanes of at least 4 members (excludes halogenated alkanes) is 1. The first-order valence-corrected chi connectivity index (χ1v) is 8.50. The van der Waals surface area contributed by atoms with Crippen LogP contribution in [0.15, 0.2) is 28.8 Å². The number of benzene rings is 1. The molecule has 0 bridgehead atoms. The fourth-order valence-electron chi connectivity index (χ4n) is 3.04. The van der Waals surface area contributed by atoms with Gasteiger partial charge in [0.05, 0.1) is 7.11 Å². The Bertz CT molecular complexity index is 698. The average Bonchev–Trinajstić information content (AvgIpc) is 3.28. The number of rotatable bonds is 6. The van der Waals surface area contributed by atoms with Gasteiger partial charge in [0, 0.05) is 18.5 Å². The van der Waals surface area contributed by atoms with Crippen molar-refractivity contribution < 1.29 is 14.1 Å². The Balaban J connectivity index is 1.77. The molecule has 2 heterocycles. The molecule has 1 atom stereocenters. The number of ether oxygens (including phenoxy) is 1. The zero-order valence-electron chi connectivity index (χ0n) is 14.2. The van der Waals surface area contributed by atoms with Crippen molar-refractivity contribution in [2.45, 2.75) is 45.1 Å². The van der Waals surface area contributed by atoms with E-state index in [0.717, 1.165) is 43.5 Å². The molecule has 128 valence electrons. The predicted molar refractivity (Wildman–Crippen MR) is 89.5 cm³/mol. The number of amides is 1. The van der Waals surface area contributed by atoms with Crippen LogP contribution >= 0.6 is 0 Å². The van der Waals surface area contributed by atoms with Gasteiger partial charge < -0.3 is 14.2 Å². The van der Waals surface area contributed by atoms with Crippen LogP contribution in [0.4, 0.5) is 0 Å². The fraction of sp³-hybridized carbons (Fsp3) is 0.500. The van der Waals surface area contributed by atoms with Gasteiger partial charge in [-0.25, -0.2) is 0 Å². The van der Waals surface area contributed by atoms with Gasteiger partial charge in [-0.3, -0.25) is 4.79 Å². The lowest BCUT2D eigenvalue weighted by atomic mass is 10.2. The maximum Gasteiger partial charge on any atom is 0.249 e. The fourth-order valence-corrected chi connectivity index (χ4v) is 3.04. The molecule has 0 aliphatic carbocycles. The molecule has 1 fully saturated rings. The summed E-state index contributed by atoms with van der Waals surface area (Å²) in [5.41, 5.74) is 0.839. The Morgan fingerprint density at radius 1 is 1.46 bits per heavy atom. The monoisotopic (exact) mass is 329 g/mol. The van der Waals surface area contributed by atoms with E-state index in [9.17, 15) is 4.79 Å². The number of aromatic nitrogens is 2. The van der Waals surface area contributed by atoms with Crippen LogP contribution in [0.25, 0.3) is 11.4 Å². The third-order valence-electron chi connectivity index (χ3n) is 4.37. The van der Waals surface area contributed by atoms with Crippen LogP contribution in [0, 0.1) is 0 Å². The molecule has 0 radical (unpaired) electrons. The van der Waals surface area contributed by atoms with E-state index in [0.29, 0.717) is 18.1 Å². The molecule has 2 aromatic rings. The van der Waals surface area contributed by atoms with E-state index >= 15 is 0 Å². The molecule has 1 aliphatic heterocycles. The number of hydrogen-bond acceptors (Lipinski definition) is 5. The summed E-state index contributed by atoms with van der Waals surface area (Å²) in [7, 11) is 1.62. The van der Waals surface area contributed by atoms with Crippen molar-refractivity contribution in [3.63, 3.8) is 0 Å². The average molecular weight is 329 g/mol. The normalized spacial score (nSPS) is 17.2. The molecule has 1 aromatic carbocycles. The number of carbonyl (C=O) groups excluding carboxylic acids is 1. The number of likely N-dealkylation sites (tertiary alicyclic amines) is 1. The molecule has 6 heteroatoms. The molecule has 24 heavy (non-hydrogen) atoms. The van der Waals surface area contributed by atoms with Gasteiger partial charge in [0.1, 0.15) is 11.8 Å². The molecule has 1 amide bonds. The summed E-state index contributed by atoms with van der Waals surface area (Å²) < 4.78 is 10.7. The highest BCUT2D eigenvalue weighted by Gasteiger charge is 2.33. The van der Waals surface area contributed by atoms with Gasteiger partial charge in [0.25, 0.3) is 0 Å². The summed E-state index contributed by atoms with van der Waals surface area (Å²) in [6.45, 7) is 2.86. The summed E-state index contributed by atoms with van der Waals surface area (Å²) >= 11 is 0. The van der Waals surface area contributed by atoms with E-state index < -0.39 is 0 Å². The first-order chi connectivity index (χ1) is 11.7. The molecule has 1 aromatic heterocycles. The predicted octanol–water partition coefficient (Wildman–Crippen LogP) is 3.60. The lowest BCUT2D eigenvalue weighted by Crippen LogP contribution is -2.30. The van der Waals surface area contributed by atoms with Crippen LogP contribution in [-0.4, -0.2) is 34.6 Å². The van der Waals surface area contributed by atoms with Crippen molar-refractivity contribution in [2.24, 2.45) is 0 Å². The van der Waals surface area contributed by atoms with E-state index in [4.69, 9.17) is 9.26 Å². The zero-order valence-corrected chi connectivity index (χ0v) is 14.2. The van der Waals surface area contributed by atoms with E-state index in [-0.39, 0.29) is 11.9 Å². The van der Waals surface area contributed by atoms with Crippen molar-refractivity contribution in [3.8, 4) is 17.1 Å². The summed E-state index contributed by atoms with van der Waals surface area (Å²) in [6.07, 6.45) is 4.37. The van der Waals surface area contributed by atoms with Crippen LogP contribution in [0.3, 0.4) is 0 Å². The molecule has 0 unspecified atom stereocenters. The summed E-state index contributed by atoms with van der Waals surface area (Å²) in [4.78, 5) is 18.8. The van der Waals surface area contributed by atoms with Crippen molar-refractivity contribution in [2.75, 3.05) is 13.7 Å². The third kappa shape index (κ3) is 3.42. The molecule has 0 saturated carbocycles. The third-order valence-corrected chi connectivity index (χ3v) is 4.37. The van der Waals surface area contributed by atoms with E-state index in [1.165, 1.54) is 0 Å². The largest absolute Gasteiger partial charge is 0.497 e. The second-order valence-corrected chi connectivity index (χ2v) is 6.04. The van der Waals surface area contributed by atoms with Gasteiger partial charge in [-0.15, -0.1) is 0 Å². The highest BCUT2D eigenvalue weighted by molar-refractivity contribution is 5.76. The lowest BCUT2D eigenvalue weighted by Gasteiger charge is -2.21. The molecule has 6 nitrogen and oxygen atoms in total. The standard InChI is InChI=1S/C18H23N3O3/c1-3-4-10-16(22)21-11-6-9-15(21)18-19-17(20-24-18)13-7-5-8-14(12-13)23-2/h5,7-8,12,15H,3-4,6,9-11H2,1-2H3/t15-/m0/s1. The van der Waals surface area contributed by atoms with Crippen molar-refractivity contribution in [3.05, 3.63) is 30.2 Å². The topological polar surface area (TPSA) is 68.5 Å². The maximum absolute atomic E-state index is 12.4. The van der Waals surface area contributed by atoms with Crippen LogP contribution in [0.1, 0.15) is 51.0 Å². The second kappa shape index (κ2) is 7.47. The second-order valence-electron chi connectivity index (χ2n) is 6.04. The van der Waals surface area contributed by atoms with E-state index in [1.807, 2.05) is 29.2 Å². The Morgan fingerprint density at radius 3 is 3.12 bits per heavy atom. The molecule has 3 rings (SSSR count). The first kappa shape index (κ1) is 16.5. The quantitative estimate of drug-likeness (QED) is 0.810. The van der Waals surface area contributed by atoms with Crippen LogP contribution in [-0.2, 0) is 4.79 Å². The Kier molecular flexibility index (Phi) is 5.13. The van der Waals surface area contributed by atoms with Gasteiger partial charge in [0.15, 0.2) is 0 Å². The minimum absolute atomic E-state index is 0.0961. The SMILES string of the molecule is CCCCC(=O)N1CCC[C@H]1c1nc(-c2cccc(OC)c2)no1. The summed E-state index contributed by atoms with van der Waals surface area (Å²) in [5, 5.41) is 4.08. The minimum atomic E-state index is -0.0961. The van der Waals surface area contributed by atoms with Gasteiger partial charge in [-0.05, 0) is 31.4 Å². The number of carbonyl (C=O) groups is 1. The molecule has 0 N–H and O–H groups in total. The Hall–Kier alpha value is -2.37. The Labute approximate surface area is 141 Å². The summed E-state index contributed by atoms with van der Waals surface area (Å²) in [6, 6.07) is 7.44. The van der Waals surface area contributed by atoms with Gasteiger partial charge in [0.2, 0.25) is 17.6 Å². The van der Waals surface area contributed by atoms with Crippen molar-refractivity contribution in [1.82, 2.24) is 15.0 Å². The maximum atomic E-state index is 12.4. The zero-order chi connectivity index (χ0) is 16.9. The van der Waals surface area contributed by atoms with Crippen LogP contribution < -0.4 is 4.74 Å². The molecular formula is C18H23N3O3. The molecule has 1 aliphatic rings. The number of hydrogen-bond donors (Lipinski definition) is 0. The smallest absolute Gasteiger partial charge is 0.249 e. The lowest BCUT2D eigenvalue weighted by molar-refractivity contribution is -0.132. The van der Waals surface area contributed by atoms with E-state index in [1.54, 1.807) is 7.11 Å². The highest BCUT2D eigenvalue weighted by Crippen LogP contribution is 2.33. The number of methoxy groups -OCH3 is 1. The highest BCUT2D eigenvalue weighted by atomic mass is 16.5. The summed E-state index contributed by atoms with van der Waals surface area (Å²) in [5.74, 6) is 1.98. The molecule has 0 spiro atoms. The Morgan fingerprint density at radius 2 is 2.33 bits per heavy atom. The van der Waals surface area contributed by atoms with Crippen LogP contribution in [0.2, 0.25) is 0 Å². The molecule has 1 saturated heterocycles. The number of nitrogens with zero attached hydrogens (tertiary/aromatic N) is 3. The van der Waals surface area contributed by atoms with Gasteiger partial charge in [-0.2, -0.15) is 4.98 Å². The van der Waals surface area contributed by atoms with Gasteiger partial charge >= 0.3 is 0 Å². The molecular weight excluding hydrogens is 306 g/mol. The minimum Gasteiger partial charge on any atom is -0.497 e. The first-order valence-electron chi connectivity index (χ1n) is 8.50. The van der Waals surface area contributed by atoms with Gasteiger partial charge in [-0.1, -0.05) is 30.6 Å². The van der Waals surface area contributed by atoms with E-state index in [2.05, 4.69) is 17.1 Å². The van der Waals surface area contributed by atoms with Crippen LogP contribution in [0.5, 0.6) is 5.75 Å². The van der Waals surface area contributed by atoms with Crippen molar-refractivity contribution >= 4 is 5.91 Å². The van der Waals surface area contributed by atoms with Crippen molar-refractivity contribution in [1.29, 1.82) is 0 Å².